The average molecular weight is 250 g/mol. The van der Waals surface area contributed by atoms with Gasteiger partial charge in [0.15, 0.2) is 5.16 Å². The Labute approximate surface area is 106 Å². The van der Waals surface area contributed by atoms with Gasteiger partial charge in [0.2, 0.25) is 0 Å². The van der Waals surface area contributed by atoms with Crippen LogP contribution in [0.4, 0.5) is 0 Å². The van der Waals surface area contributed by atoms with E-state index in [1.807, 2.05) is 6.07 Å². The molecule has 0 radical (unpaired) electrons. The van der Waals surface area contributed by atoms with Gasteiger partial charge in [0.05, 0.1) is 17.6 Å². The minimum Gasteiger partial charge on any atom is -0.383 e. The fourth-order valence-corrected chi connectivity index (χ4v) is 2.64. The summed E-state index contributed by atoms with van der Waals surface area (Å²) in [5.74, 6) is 0. The second-order valence-corrected chi connectivity index (χ2v) is 5.74. The molecule has 17 heavy (non-hydrogen) atoms. The van der Waals surface area contributed by atoms with Crippen molar-refractivity contribution in [2.24, 2.45) is 0 Å². The van der Waals surface area contributed by atoms with Gasteiger partial charge in [-0.15, -0.1) is 0 Å². The number of methoxy groups -OCH3 is 1. The SMILES string of the molecule is COCCn1c(SC(C)C)nc2ccccc21. The van der Waals surface area contributed by atoms with Crippen molar-refractivity contribution in [1.29, 1.82) is 0 Å². The molecule has 0 N–H and O–H groups in total. The van der Waals surface area contributed by atoms with Crippen molar-refractivity contribution in [2.75, 3.05) is 13.7 Å². The Morgan fingerprint density at radius 3 is 2.82 bits per heavy atom. The number of thioether (sulfide) groups is 1. The van der Waals surface area contributed by atoms with Crippen LogP contribution < -0.4 is 0 Å². The molecular weight excluding hydrogens is 232 g/mol. The number of benzene rings is 1. The van der Waals surface area contributed by atoms with Gasteiger partial charge < -0.3 is 9.30 Å². The van der Waals surface area contributed by atoms with Gasteiger partial charge in [0, 0.05) is 18.9 Å². The second-order valence-electron chi connectivity index (χ2n) is 4.19. The number of imidazole rings is 1. The lowest BCUT2D eigenvalue weighted by atomic mass is 10.3. The van der Waals surface area contributed by atoms with Gasteiger partial charge in [-0.05, 0) is 12.1 Å². The van der Waals surface area contributed by atoms with Crippen molar-refractivity contribution >= 4 is 22.8 Å². The number of nitrogens with zero attached hydrogens (tertiary/aromatic N) is 2. The first-order chi connectivity index (χ1) is 8.22. The molecular formula is C13H18N2OS. The number of aromatic nitrogens is 2. The summed E-state index contributed by atoms with van der Waals surface area (Å²) in [5.41, 5.74) is 2.25. The highest BCUT2D eigenvalue weighted by molar-refractivity contribution is 7.99. The Morgan fingerprint density at radius 1 is 1.35 bits per heavy atom. The minimum atomic E-state index is 0.535. The minimum absolute atomic E-state index is 0.535. The van der Waals surface area contributed by atoms with E-state index in [0.29, 0.717) is 11.9 Å². The standard InChI is InChI=1S/C13H18N2OS/c1-10(2)17-13-14-11-6-4-5-7-12(11)15(13)8-9-16-3/h4-7,10H,8-9H2,1-3H3. The summed E-state index contributed by atoms with van der Waals surface area (Å²) in [6.45, 7) is 5.94. The number of hydrogen-bond donors (Lipinski definition) is 0. The molecule has 0 aliphatic heterocycles. The Kier molecular flexibility index (Phi) is 4.07. The summed E-state index contributed by atoms with van der Waals surface area (Å²) in [5, 5.41) is 1.62. The van der Waals surface area contributed by atoms with Crippen LogP contribution in [0.3, 0.4) is 0 Å². The maximum absolute atomic E-state index is 5.17. The zero-order valence-electron chi connectivity index (χ0n) is 10.5. The molecule has 1 heterocycles. The number of hydrogen-bond acceptors (Lipinski definition) is 3. The number of para-hydroxylation sites is 2. The summed E-state index contributed by atoms with van der Waals surface area (Å²) in [7, 11) is 1.73. The normalized spacial score (nSPS) is 11.5. The summed E-state index contributed by atoms with van der Waals surface area (Å²) < 4.78 is 7.41. The van der Waals surface area contributed by atoms with E-state index in [1.54, 1.807) is 18.9 Å². The van der Waals surface area contributed by atoms with Crippen molar-refractivity contribution < 1.29 is 4.74 Å². The summed E-state index contributed by atoms with van der Waals surface area (Å²) >= 11 is 1.80. The molecule has 92 valence electrons. The van der Waals surface area contributed by atoms with E-state index in [9.17, 15) is 0 Å². The zero-order valence-corrected chi connectivity index (χ0v) is 11.3. The fourth-order valence-electron chi connectivity index (χ4n) is 1.75. The molecule has 2 aromatic rings. The maximum Gasteiger partial charge on any atom is 0.169 e. The highest BCUT2D eigenvalue weighted by Crippen LogP contribution is 2.26. The van der Waals surface area contributed by atoms with Crippen LogP contribution in [0, 0.1) is 0 Å². The lowest BCUT2D eigenvalue weighted by Gasteiger charge is -2.09. The van der Waals surface area contributed by atoms with Crippen LogP contribution in [0.1, 0.15) is 13.8 Å². The van der Waals surface area contributed by atoms with E-state index in [2.05, 4.69) is 41.6 Å². The fraction of sp³-hybridized carbons (Fsp3) is 0.462. The van der Waals surface area contributed by atoms with Crippen LogP contribution in [-0.4, -0.2) is 28.5 Å². The van der Waals surface area contributed by atoms with Gasteiger partial charge in [-0.25, -0.2) is 4.98 Å². The average Bonchev–Trinajstić information content (AvgIpc) is 2.63. The molecule has 3 nitrogen and oxygen atoms in total. The predicted molar refractivity (Wildman–Crippen MR) is 72.6 cm³/mol. The van der Waals surface area contributed by atoms with Gasteiger partial charge >= 0.3 is 0 Å². The molecule has 0 unspecified atom stereocenters. The van der Waals surface area contributed by atoms with Crippen molar-refractivity contribution in [3.63, 3.8) is 0 Å². The van der Waals surface area contributed by atoms with E-state index in [-0.39, 0.29) is 0 Å². The molecule has 1 aromatic heterocycles. The number of ether oxygens (including phenoxy) is 1. The summed E-state index contributed by atoms with van der Waals surface area (Å²) in [6, 6.07) is 8.25. The molecule has 0 saturated carbocycles. The smallest absolute Gasteiger partial charge is 0.169 e. The Bertz CT molecular complexity index is 493. The molecule has 0 amide bonds. The number of rotatable bonds is 5. The lowest BCUT2D eigenvalue weighted by molar-refractivity contribution is 0.186. The van der Waals surface area contributed by atoms with Crippen LogP contribution in [0.2, 0.25) is 0 Å². The summed E-state index contributed by atoms with van der Waals surface area (Å²) in [4.78, 5) is 4.68. The van der Waals surface area contributed by atoms with E-state index in [0.717, 1.165) is 17.2 Å². The van der Waals surface area contributed by atoms with Crippen LogP contribution in [0.15, 0.2) is 29.4 Å². The van der Waals surface area contributed by atoms with Crippen molar-refractivity contribution in [3.8, 4) is 0 Å². The van der Waals surface area contributed by atoms with Gasteiger partial charge in [0.25, 0.3) is 0 Å². The molecule has 2 rings (SSSR count). The van der Waals surface area contributed by atoms with E-state index in [4.69, 9.17) is 4.74 Å². The largest absolute Gasteiger partial charge is 0.383 e. The van der Waals surface area contributed by atoms with Crippen LogP contribution in [0.5, 0.6) is 0 Å². The van der Waals surface area contributed by atoms with Gasteiger partial charge in [-0.1, -0.05) is 37.7 Å². The Balaban J connectivity index is 2.41. The maximum atomic E-state index is 5.17. The molecule has 0 spiro atoms. The first-order valence-corrected chi connectivity index (χ1v) is 6.71. The molecule has 0 atom stereocenters. The molecule has 1 aromatic carbocycles. The lowest BCUT2D eigenvalue weighted by Crippen LogP contribution is -2.06. The van der Waals surface area contributed by atoms with E-state index in [1.165, 1.54) is 5.52 Å². The van der Waals surface area contributed by atoms with Crippen LogP contribution in [0.25, 0.3) is 11.0 Å². The first-order valence-electron chi connectivity index (χ1n) is 5.83. The third-order valence-electron chi connectivity index (χ3n) is 2.48. The van der Waals surface area contributed by atoms with E-state index >= 15 is 0 Å². The first kappa shape index (κ1) is 12.5. The summed E-state index contributed by atoms with van der Waals surface area (Å²) in [6.07, 6.45) is 0. The molecule has 0 aliphatic rings. The van der Waals surface area contributed by atoms with Crippen molar-refractivity contribution in [3.05, 3.63) is 24.3 Å². The monoisotopic (exact) mass is 250 g/mol. The Morgan fingerprint density at radius 2 is 2.12 bits per heavy atom. The molecule has 4 heteroatoms. The quantitative estimate of drug-likeness (QED) is 0.763. The van der Waals surface area contributed by atoms with Gasteiger partial charge in [-0.2, -0.15) is 0 Å². The molecule has 0 aliphatic carbocycles. The molecule has 0 saturated heterocycles. The predicted octanol–water partition coefficient (Wildman–Crippen LogP) is 3.18. The highest BCUT2D eigenvalue weighted by atomic mass is 32.2. The van der Waals surface area contributed by atoms with Gasteiger partial charge in [0.1, 0.15) is 0 Å². The third kappa shape index (κ3) is 2.82. The van der Waals surface area contributed by atoms with E-state index < -0.39 is 0 Å². The van der Waals surface area contributed by atoms with Crippen LogP contribution in [-0.2, 0) is 11.3 Å². The second kappa shape index (κ2) is 5.56. The van der Waals surface area contributed by atoms with Crippen molar-refractivity contribution in [1.82, 2.24) is 9.55 Å². The topological polar surface area (TPSA) is 27.1 Å². The molecule has 0 bridgehead atoms. The highest BCUT2D eigenvalue weighted by Gasteiger charge is 2.11. The molecule has 0 fully saturated rings. The Hall–Kier alpha value is -1.00. The van der Waals surface area contributed by atoms with Crippen molar-refractivity contribution in [2.45, 2.75) is 30.8 Å². The van der Waals surface area contributed by atoms with Gasteiger partial charge in [-0.3, -0.25) is 0 Å². The van der Waals surface area contributed by atoms with Crippen LogP contribution >= 0.6 is 11.8 Å². The number of fused-ring (bicyclic) bond motifs is 1. The zero-order chi connectivity index (χ0) is 12.3. The third-order valence-corrected chi connectivity index (χ3v) is 3.47.